The molecule has 1 N–H and O–H groups in total. The number of thiophene rings is 1. The summed E-state index contributed by atoms with van der Waals surface area (Å²) in [5, 5.41) is 4.37. The molecule has 0 saturated carbocycles. The van der Waals surface area contributed by atoms with Crippen molar-refractivity contribution in [2.75, 3.05) is 19.5 Å². The van der Waals surface area contributed by atoms with Gasteiger partial charge in [-0.05, 0) is 78.6 Å². The number of carbonyl (C=O) groups is 1. The van der Waals surface area contributed by atoms with Crippen molar-refractivity contribution in [3.63, 3.8) is 0 Å². The normalized spacial score (nSPS) is 15.7. The minimum atomic E-state index is -0.149. The van der Waals surface area contributed by atoms with E-state index in [-0.39, 0.29) is 11.3 Å². The number of amides is 1. The molecule has 184 valence electrons. The molecule has 3 aromatic rings. The van der Waals surface area contributed by atoms with Crippen LogP contribution in [0.15, 0.2) is 47.5 Å². The van der Waals surface area contributed by atoms with Gasteiger partial charge in [-0.2, -0.15) is 0 Å². The summed E-state index contributed by atoms with van der Waals surface area (Å²) in [4.78, 5) is 19.6. The number of ether oxygens (including phenoxy) is 2. The lowest BCUT2D eigenvalue weighted by Gasteiger charge is -2.33. The van der Waals surface area contributed by atoms with E-state index in [1.807, 2.05) is 18.2 Å². The average Bonchev–Trinajstić information content (AvgIpc) is 3.21. The van der Waals surface area contributed by atoms with E-state index in [1.165, 1.54) is 4.88 Å². The minimum absolute atomic E-state index is 0.149. The summed E-state index contributed by atoms with van der Waals surface area (Å²) in [6, 6.07) is 12.7. The van der Waals surface area contributed by atoms with Crippen molar-refractivity contribution in [3.05, 3.63) is 69.1 Å². The van der Waals surface area contributed by atoms with Crippen molar-refractivity contribution in [1.82, 2.24) is 0 Å². The van der Waals surface area contributed by atoms with Crippen molar-refractivity contribution in [3.8, 4) is 11.5 Å². The van der Waals surface area contributed by atoms with Gasteiger partial charge < -0.3 is 14.8 Å². The van der Waals surface area contributed by atoms with E-state index in [2.05, 4.69) is 26.1 Å². The Balaban J connectivity index is 1.73. The molecule has 0 aliphatic heterocycles. The molecule has 2 aromatic carbocycles. The summed E-state index contributed by atoms with van der Waals surface area (Å²) in [5.41, 5.74) is 3.48. The Hall–Kier alpha value is -2.83. The smallest absolute Gasteiger partial charge is 0.259 e. The third-order valence-electron chi connectivity index (χ3n) is 6.56. The molecule has 1 aromatic heterocycles. The number of hydrogen-bond acceptors (Lipinski definition) is 5. The van der Waals surface area contributed by atoms with Crippen LogP contribution in [-0.4, -0.2) is 26.3 Å². The quantitative estimate of drug-likeness (QED) is 0.348. The fourth-order valence-corrected chi connectivity index (χ4v) is 5.83. The van der Waals surface area contributed by atoms with Gasteiger partial charge >= 0.3 is 0 Å². The molecule has 4 rings (SSSR count). The van der Waals surface area contributed by atoms with Crippen LogP contribution in [0.25, 0.3) is 0 Å². The Kier molecular flexibility index (Phi) is 7.53. The van der Waals surface area contributed by atoms with E-state index < -0.39 is 0 Å². The lowest BCUT2D eigenvalue weighted by atomic mass is 9.72. The fraction of sp³-hybridized carbons (Fsp3) is 0.357. The zero-order valence-corrected chi connectivity index (χ0v) is 22.3. The number of hydrogen-bond donors (Lipinski definition) is 1. The van der Waals surface area contributed by atoms with Crippen molar-refractivity contribution >= 4 is 45.7 Å². The Morgan fingerprint density at radius 2 is 1.89 bits per heavy atom. The molecule has 5 nitrogen and oxygen atoms in total. The Labute approximate surface area is 216 Å². The van der Waals surface area contributed by atoms with Crippen LogP contribution < -0.4 is 14.8 Å². The summed E-state index contributed by atoms with van der Waals surface area (Å²) < 4.78 is 10.9. The SMILES string of the molecule is COc1ccc(OC)c(C=Nc2sc3c(c2C(=O)Nc2ccc(Cl)cc2)CC[C@@H](C(C)(C)C)C3)c1. The molecule has 0 unspecified atom stereocenters. The molecule has 1 aliphatic rings. The highest BCUT2D eigenvalue weighted by Gasteiger charge is 2.33. The van der Waals surface area contributed by atoms with Crippen LogP contribution in [0, 0.1) is 11.3 Å². The van der Waals surface area contributed by atoms with Crippen LogP contribution in [0.3, 0.4) is 0 Å². The molecule has 0 saturated heterocycles. The summed E-state index contributed by atoms with van der Waals surface area (Å²) in [6.45, 7) is 6.87. The summed E-state index contributed by atoms with van der Waals surface area (Å²) in [7, 11) is 3.25. The lowest BCUT2D eigenvalue weighted by molar-refractivity contribution is 0.102. The predicted molar refractivity (Wildman–Crippen MR) is 145 cm³/mol. The monoisotopic (exact) mass is 510 g/mol. The number of methoxy groups -OCH3 is 2. The van der Waals surface area contributed by atoms with Crippen molar-refractivity contribution < 1.29 is 14.3 Å². The molecule has 1 heterocycles. The zero-order chi connectivity index (χ0) is 25.2. The van der Waals surface area contributed by atoms with Gasteiger partial charge in [0.2, 0.25) is 0 Å². The largest absolute Gasteiger partial charge is 0.497 e. The first-order valence-electron chi connectivity index (χ1n) is 11.7. The minimum Gasteiger partial charge on any atom is -0.497 e. The summed E-state index contributed by atoms with van der Waals surface area (Å²) in [5.74, 6) is 1.82. The van der Waals surface area contributed by atoms with E-state index in [4.69, 9.17) is 26.1 Å². The molecule has 0 bridgehead atoms. The maximum absolute atomic E-state index is 13.5. The molecule has 7 heteroatoms. The maximum Gasteiger partial charge on any atom is 0.259 e. The fourth-order valence-electron chi connectivity index (χ4n) is 4.43. The number of benzene rings is 2. The number of carbonyl (C=O) groups excluding carboxylic acids is 1. The van der Waals surface area contributed by atoms with Crippen molar-refractivity contribution in [2.45, 2.75) is 40.0 Å². The van der Waals surface area contributed by atoms with Gasteiger partial charge in [-0.1, -0.05) is 32.4 Å². The molecule has 1 atom stereocenters. The van der Waals surface area contributed by atoms with Gasteiger partial charge in [-0.3, -0.25) is 4.79 Å². The van der Waals surface area contributed by atoms with Gasteiger partial charge in [0.25, 0.3) is 5.91 Å². The van der Waals surface area contributed by atoms with E-state index in [0.29, 0.717) is 38.7 Å². The molecule has 35 heavy (non-hydrogen) atoms. The predicted octanol–water partition coefficient (Wildman–Crippen LogP) is 7.57. The summed E-state index contributed by atoms with van der Waals surface area (Å²) in [6.07, 6.45) is 4.64. The molecule has 0 radical (unpaired) electrons. The van der Waals surface area contributed by atoms with E-state index in [1.54, 1.807) is 56.0 Å². The lowest BCUT2D eigenvalue weighted by Crippen LogP contribution is -2.27. The Morgan fingerprint density at radius 1 is 1.14 bits per heavy atom. The third kappa shape index (κ3) is 5.71. The van der Waals surface area contributed by atoms with Crippen molar-refractivity contribution in [2.24, 2.45) is 16.3 Å². The van der Waals surface area contributed by atoms with Gasteiger partial charge in [0.15, 0.2) is 0 Å². The van der Waals surface area contributed by atoms with Gasteiger partial charge in [0.1, 0.15) is 16.5 Å². The van der Waals surface area contributed by atoms with Gasteiger partial charge in [0, 0.05) is 27.4 Å². The van der Waals surface area contributed by atoms with Crippen LogP contribution in [0.1, 0.15) is 53.6 Å². The second kappa shape index (κ2) is 10.4. The van der Waals surface area contributed by atoms with Crippen LogP contribution in [0.2, 0.25) is 5.02 Å². The summed E-state index contributed by atoms with van der Waals surface area (Å²) >= 11 is 7.63. The van der Waals surface area contributed by atoms with Gasteiger partial charge in [-0.25, -0.2) is 4.99 Å². The zero-order valence-electron chi connectivity index (χ0n) is 20.8. The number of nitrogens with zero attached hydrogens (tertiary/aromatic N) is 1. The Bertz CT molecular complexity index is 1240. The van der Waals surface area contributed by atoms with Crippen molar-refractivity contribution in [1.29, 1.82) is 0 Å². The topological polar surface area (TPSA) is 59.9 Å². The Morgan fingerprint density at radius 3 is 2.54 bits per heavy atom. The maximum atomic E-state index is 13.5. The number of aliphatic imine (C=N–C) groups is 1. The highest BCUT2D eigenvalue weighted by Crippen LogP contribution is 2.45. The van der Waals surface area contributed by atoms with E-state index in [9.17, 15) is 4.79 Å². The van der Waals surface area contributed by atoms with Gasteiger partial charge in [0.05, 0.1) is 19.8 Å². The van der Waals surface area contributed by atoms with Crippen LogP contribution >= 0.6 is 22.9 Å². The first-order chi connectivity index (χ1) is 16.7. The second-order valence-corrected chi connectivity index (χ2v) is 11.3. The molecule has 1 aliphatic carbocycles. The molecular formula is C28H31ClN2O3S. The number of anilines is 1. The number of fused-ring (bicyclic) bond motifs is 1. The molecular weight excluding hydrogens is 480 g/mol. The van der Waals surface area contributed by atoms with Crippen LogP contribution in [0.5, 0.6) is 11.5 Å². The molecule has 0 spiro atoms. The third-order valence-corrected chi connectivity index (χ3v) is 7.97. The number of rotatable bonds is 6. The standard InChI is InChI=1S/C28H31ClN2O3S/c1-28(2,3)18-6-12-22-24(15-18)35-27(25(22)26(32)31-20-9-7-19(29)8-10-20)30-16-17-14-21(33-4)11-13-23(17)34-5/h7-11,13-14,16,18H,6,12,15H2,1-5H3,(H,31,32)/t18-/m1/s1. The van der Waals surface area contributed by atoms with E-state index >= 15 is 0 Å². The van der Waals surface area contributed by atoms with E-state index in [0.717, 1.165) is 30.4 Å². The highest BCUT2D eigenvalue weighted by molar-refractivity contribution is 7.16. The number of nitrogens with one attached hydrogen (secondary N) is 1. The first kappa shape index (κ1) is 25.3. The van der Waals surface area contributed by atoms with Crippen LogP contribution in [-0.2, 0) is 12.8 Å². The molecule has 0 fully saturated rings. The average molecular weight is 511 g/mol. The van der Waals surface area contributed by atoms with Gasteiger partial charge in [-0.15, -0.1) is 11.3 Å². The second-order valence-electron chi connectivity index (χ2n) is 9.82. The van der Waals surface area contributed by atoms with Crippen LogP contribution in [0.4, 0.5) is 10.7 Å². The first-order valence-corrected chi connectivity index (χ1v) is 12.9. The highest BCUT2D eigenvalue weighted by atomic mass is 35.5. The molecule has 1 amide bonds. The number of halogens is 1.